The molecule has 3 atom stereocenters. The molecule has 3 unspecified atom stereocenters. The lowest BCUT2D eigenvalue weighted by atomic mass is 9.64. The fraction of sp³-hybridized carbons (Fsp3) is 0.647. The van der Waals surface area contributed by atoms with E-state index in [1.165, 1.54) is 24.8 Å². The Morgan fingerprint density at radius 3 is 2.84 bits per heavy atom. The van der Waals surface area contributed by atoms with Gasteiger partial charge in [-0.05, 0) is 42.7 Å². The van der Waals surface area contributed by atoms with Gasteiger partial charge >= 0.3 is 0 Å². The van der Waals surface area contributed by atoms with Gasteiger partial charge < -0.3 is 10.4 Å². The molecule has 0 heterocycles. The Labute approximate surface area is 116 Å². The highest BCUT2D eigenvalue weighted by molar-refractivity contribution is 5.32. The molecule has 2 N–H and O–H groups in total. The SMILES string of the molecule is CC1(C)C(O)CC1NCC1CCCc2ccccc21. The minimum absolute atomic E-state index is 0.0359. The second kappa shape index (κ2) is 4.92. The van der Waals surface area contributed by atoms with Crippen molar-refractivity contribution >= 4 is 0 Å². The van der Waals surface area contributed by atoms with Gasteiger partial charge in [0.2, 0.25) is 0 Å². The van der Waals surface area contributed by atoms with Crippen LogP contribution < -0.4 is 5.32 Å². The maximum absolute atomic E-state index is 9.80. The van der Waals surface area contributed by atoms with E-state index in [1.54, 1.807) is 5.56 Å². The fourth-order valence-electron chi connectivity index (χ4n) is 3.60. The molecule has 1 fully saturated rings. The number of rotatable bonds is 3. The van der Waals surface area contributed by atoms with Crippen molar-refractivity contribution in [2.24, 2.45) is 5.41 Å². The van der Waals surface area contributed by atoms with Crippen molar-refractivity contribution in [2.45, 2.75) is 57.6 Å². The van der Waals surface area contributed by atoms with Crippen LogP contribution in [0.25, 0.3) is 0 Å². The van der Waals surface area contributed by atoms with Crippen molar-refractivity contribution < 1.29 is 5.11 Å². The van der Waals surface area contributed by atoms with Gasteiger partial charge in [0.25, 0.3) is 0 Å². The highest BCUT2D eigenvalue weighted by Gasteiger charge is 2.47. The highest BCUT2D eigenvalue weighted by atomic mass is 16.3. The first-order chi connectivity index (χ1) is 9.09. The minimum atomic E-state index is -0.136. The van der Waals surface area contributed by atoms with Crippen LogP contribution in [0.2, 0.25) is 0 Å². The molecule has 0 aromatic heterocycles. The number of nitrogens with one attached hydrogen (secondary N) is 1. The summed E-state index contributed by atoms with van der Waals surface area (Å²) in [5.41, 5.74) is 3.11. The number of aliphatic hydroxyl groups excluding tert-OH is 1. The standard InChI is InChI=1S/C17H25NO/c1-17(2)15(10-16(17)19)18-11-13-8-5-7-12-6-3-4-9-14(12)13/h3-4,6,9,13,15-16,18-19H,5,7-8,10-11H2,1-2H3. The van der Waals surface area contributed by atoms with Gasteiger partial charge in [-0.25, -0.2) is 0 Å². The van der Waals surface area contributed by atoms with Crippen LogP contribution in [0.15, 0.2) is 24.3 Å². The number of aliphatic hydroxyl groups is 1. The topological polar surface area (TPSA) is 32.3 Å². The van der Waals surface area contributed by atoms with Gasteiger partial charge in [0.15, 0.2) is 0 Å². The fourth-order valence-corrected chi connectivity index (χ4v) is 3.60. The maximum atomic E-state index is 9.80. The van der Waals surface area contributed by atoms with E-state index in [0.29, 0.717) is 12.0 Å². The lowest BCUT2D eigenvalue weighted by Crippen LogP contribution is -2.60. The van der Waals surface area contributed by atoms with Crippen molar-refractivity contribution in [3.63, 3.8) is 0 Å². The predicted molar refractivity (Wildman–Crippen MR) is 78.3 cm³/mol. The lowest BCUT2D eigenvalue weighted by Gasteiger charge is -2.50. The molecule has 0 amide bonds. The van der Waals surface area contributed by atoms with Crippen molar-refractivity contribution in [1.29, 1.82) is 0 Å². The number of aryl methyl sites for hydroxylation is 1. The summed E-state index contributed by atoms with van der Waals surface area (Å²) >= 11 is 0. The molecule has 2 heteroatoms. The summed E-state index contributed by atoms with van der Waals surface area (Å²) in [6.45, 7) is 5.37. The van der Waals surface area contributed by atoms with E-state index in [1.807, 2.05) is 0 Å². The monoisotopic (exact) mass is 259 g/mol. The first kappa shape index (κ1) is 13.1. The van der Waals surface area contributed by atoms with Crippen LogP contribution >= 0.6 is 0 Å². The maximum Gasteiger partial charge on any atom is 0.0621 e. The molecule has 0 bridgehead atoms. The summed E-state index contributed by atoms with van der Waals surface area (Å²) in [4.78, 5) is 0. The number of hydrogen-bond acceptors (Lipinski definition) is 2. The van der Waals surface area contributed by atoms with Crippen molar-refractivity contribution in [1.82, 2.24) is 5.32 Å². The molecule has 19 heavy (non-hydrogen) atoms. The average molecular weight is 259 g/mol. The van der Waals surface area contributed by atoms with E-state index in [2.05, 4.69) is 43.4 Å². The van der Waals surface area contributed by atoms with Crippen LogP contribution in [0.5, 0.6) is 0 Å². The normalized spacial score (nSPS) is 32.5. The number of hydrogen-bond donors (Lipinski definition) is 2. The number of fused-ring (bicyclic) bond motifs is 1. The van der Waals surface area contributed by atoms with Gasteiger partial charge in [-0.3, -0.25) is 0 Å². The van der Waals surface area contributed by atoms with Gasteiger partial charge in [0, 0.05) is 18.0 Å². The van der Waals surface area contributed by atoms with E-state index in [4.69, 9.17) is 0 Å². The second-order valence-electron chi connectivity index (χ2n) is 6.82. The van der Waals surface area contributed by atoms with E-state index >= 15 is 0 Å². The molecule has 0 radical (unpaired) electrons. The van der Waals surface area contributed by atoms with Crippen molar-refractivity contribution in [3.8, 4) is 0 Å². The van der Waals surface area contributed by atoms with Crippen LogP contribution in [0.4, 0.5) is 0 Å². The van der Waals surface area contributed by atoms with Crippen molar-refractivity contribution in [2.75, 3.05) is 6.54 Å². The largest absolute Gasteiger partial charge is 0.392 e. The molecule has 2 aliphatic carbocycles. The first-order valence-electron chi connectivity index (χ1n) is 7.58. The highest BCUT2D eigenvalue weighted by Crippen LogP contribution is 2.41. The Balaban J connectivity index is 1.63. The number of benzene rings is 1. The second-order valence-corrected chi connectivity index (χ2v) is 6.82. The molecule has 1 aromatic carbocycles. The summed E-state index contributed by atoms with van der Waals surface area (Å²) < 4.78 is 0. The Bertz CT molecular complexity index is 454. The average Bonchev–Trinajstić information content (AvgIpc) is 2.43. The van der Waals surface area contributed by atoms with Gasteiger partial charge in [0.1, 0.15) is 0 Å². The van der Waals surface area contributed by atoms with E-state index < -0.39 is 0 Å². The van der Waals surface area contributed by atoms with E-state index in [-0.39, 0.29) is 11.5 Å². The Kier molecular flexibility index (Phi) is 3.40. The summed E-state index contributed by atoms with van der Waals surface area (Å²) in [5.74, 6) is 0.651. The summed E-state index contributed by atoms with van der Waals surface area (Å²) in [6, 6.07) is 9.35. The first-order valence-corrected chi connectivity index (χ1v) is 7.58. The molecule has 3 rings (SSSR count). The Morgan fingerprint density at radius 1 is 1.32 bits per heavy atom. The third-order valence-corrected chi connectivity index (χ3v) is 5.32. The zero-order chi connectivity index (χ0) is 13.5. The third-order valence-electron chi connectivity index (χ3n) is 5.32. The minimum Gasteiger partial charge on any atom is -0.392 e. The Morgan fingerprint density at radius 2 is 2.11 bits per heavy atom. The van der Waals surface area contributed by atoms with Crippen LogP contribution in [-0.4, -0.2) is 23.8 Å². The predicted octanol–water partition coefficient (Wildman–Crippen LogP) is 2.86. The summed E-state index contributed by atoms with van der Waals surface area (Å²) in [5, 5.41) is 13.5. The van der Waals surface area contributed by atoms with Crippen LogP contribution in [-0.2, 0) is 6.42 Å². The molecule has 104 valence electrons. The summed E-state index contributed by atoms with van der Waals surface area (Å²) in [6.07, 6.45) is 4.60. The molecular weight excluding hydrogens is 234 g/mol. The molecule has 2 nitrogen and oxygen atoms in total. The lowest BCUT2D eigenvalue weighted by molar-refractivity contribution is -0.0727. The molecule has 0 saturated heterocycles. The van der Waals surface area contributed by atoms with Crippen LogP contribution in [0.3, 0.4) is 0 Å². The molecular formula is C17H25NO. The molecule has 1 aromatic rings. The van der Waals surface area contributed by atoms with Crippen LogP contribution in [0, 0.1) is 5.41 Å². The van der Waals surface area contributed by atoms with Gasteiger partial charge in [-0.2, -0.15) is 0 Å². The molecule has 0 spiro atoms. The van der Waals surface area contributed by atoms with E-state index in [0.717, 1.165) is 13.0 Å². The van der Waals surface area contributed by atoms with Gasteiger partial charge in [-0.1, -0.05) is 38.1 Å². The van der Waals surface area contributed by atoms with E-state index in [9.17, 15) is 5.11 Å². The van der Waals surface area contributed by atoms with Gasteiger partial charge in [0.05, 0.1) is 6.10 Å². The zero-order valence-electron chi connectivity index (χ0n) is 12.0. The quantitative estimate of drug-likeness (QED) is 0.875. The van der Waals surface area contributed by atoms with Crippen LogP contribution in [0.1, 0.15) is 50.2 Å². The van der Waals surface area contributed by atoms with Gasteiger partial charge in [-0.15, -0.1) is 0 Å². The smallest absolute Gasteiger partial charge is 0.0621 e. The third kappa shape index (κ3) is 2.32. The van der Waals surface area contributed by atoms with Crippen molar-refractivity contribution in [3.05, 3.63) is 35.4 Å². The Hall–Kier alpha value is -0.860. The molecule has 0 aliphatic heterocycles. The summed E-state index contributed by atoms with van der Waals surface area (Å²) in [7, 11) is 0. The molecule has 1 saturated carbocycles. The zero-order valence-corrected chi connectivity index (χ0v) is 12.0. The molecule has 2 aliphatic rings.